The molecule has 150 valence electrons. The molecule has 0 unspecified atom stereocenters. The molecule has 2 atom stereocenters. The molecule has 0 radical (unpaired) electrons. The Bertz CT molecular complexity index is 439. The summed E-state index contributed by atoms with van der Waals surface area (Å²) in [5, 5.41) is 7.26. The van der Waals surface area contributed by atoms with Crippen molar-refractivity contribution in [1.29, 1.82) is 0 Å². The van der Waals surface area contributed by atoms with E-state index < -0.39 is 0 Å². The van der Waals surface area contributed by atoms with E-state index in [9.17, 15) is 0 Å². The number of benzene rings is 1. The van der Waals surface area contributed by atoms with Crippen molar-refractivity contribution < 1.29 is 0 Å². The zero-order valence-corrected chi connectivity index (χ0v) is 18.0. The van der Waals surface area contributed by atoms with Crippen LogP contribution in [0.25, 0.3) is 0 Å². The van der Waals surface area contributed by atoms with Gasteiger partial charge in [0.1, 0.15) is 0 Å². The highest BCUT2D eigenvalue weighted by atomic mass is 15.1. The van der Waals surface area contributed by atoms with Crippen molar-refractivity contribution in [3.8, 4) is 0 Å². The molecule has 0 heterocycles. The lowest BCUT2D eigenvalue weighted by atomic mass is 10.1. The van der Waals surface area contributed by atoms with E-state index in [1.165, 1.54) is 62.9 Å². The molecule has 0 aliphatic carbocycles. The van der Waals surface area contributed by atoms with E-state index in [1.54, 1.807) is 0 Å². The first-order valence-electron chi connectivity index (χ1n) is 10.9. The summed E-state index contributed by atoms with van der Waals surface area (Å²) in [5.74, 6) is 0. The highest BCUT2D eigenvalue weighted by molar-refractivity contribution is 5.54. The van der Waals surface area contributed by atoms with Crippen molar-refractivity contribution in [1.82, 2.24) is 4.90 Å². The van der Waals surface area contributed by atoms with Crippen LogP contribution < -0.4 is 10.6 Å². The molecule has 0 aromatic heterocycles. The van der Waals surface area contributed by atoms with Crippen molar-refractivity contribution in [3.05, 3.63) is 24.3 Å². The third-order valence-electron chi connectivity index (χ3n) is 5.21. The number of unbranched alkanes of at least 4 members (excludes halogenated alkanes) is 3. The second-order valence-corrected chi connectivity index (χ2v) is 7.69. The van der Waals surface area contributed by atoms with Gasteiger partial charge in [0.05, 0.1) is 0 Å². The smallest absolute Gasteiger partial charge is 0.0343 e. The summed E-state index contributed by atoms with van der Waals surface area (Å²) >= 11 is 0. The van der Waals surface area contributed by atoms with Crippen molar-refractivity contribution >= 4 is 11.4 Å². The molecule has 0 aliphatic heterocycles. The zero-order chi connectivity index (χ0) is 19.2. The van der Waals surface area contributed by atoms with E-state index in [0.717, 1.165) is 13.1 Å². The number of hydrogen-bond donors (Lipinski definition) is 2. The molecule has 3 heteroatoms. The fraction of sp³-hybridized carbons (Fsp3) is 0.739. The van der Waals surface area contributed by atoms with Crippen molar-refractivity contribution in [3.63, 3.8) is 0 Å². The molecule has 0 saturated heterocycles. The second kappa shape index (κ2) is 13.9. The lowest BCUT2D eigenvalue weighted by Crippen LogP contribution is -2.25. The van der Waals surface area contributed by atoms with Crippen molar-refractivity contribution in [2.75, 3.05) is 30.3 Å². The number of hydrogen-bond acceptors (Lipinski definition) is 3. The molecule has 2 N–H and O–H groups in total. The molecule has 1 aromatic carbocycles. The SMILES string of the molecule is CCCCCC[C@H](C)Nc1ccc(N[C@@H](C)CCCN(CC)CC)cc1. The monoisotopic (exact) mass is 361 g/mol. The van der Waals surface area contributed by atoms with Gasteiger partial charge in [-0.15, -0.1) is 0 Å². The predicted octanol–water partition coefficient (Wildman–Crippen LogP) is 6.38. The molecule has 0 spiro atoms. The Morgan fingerprint density at radius 1 is 0.731 bits per heavy atom. The van der Waals surface area contributed by atoms with E-state index in [2.05, 4.69) is 74.4 Å². The lowest BCUT2D eigenvalue weighted by molar-refractivity contribution is 0.295. The van der Waals surface area contributed by atoms with Crippen LogP contribution in [0.5, 0.6) is 0 Å². The van der Waals surface area contributed by atoms with Gasteiger partial charge in [0.2, 0.25) is 0 Å². The Morgan fingerprint density at radius 2 is 1.23 bits per heavy atom. The van der Waals surface area contributed by atoms with Gasteiger partial charge >= 0.3 is 0 Å². The van der Waals surface area contributed by atoms with Gasteiger partial charge in [-0.2, -0.15) is 0 Å². The summed E-state index contributed by atoms with van der Waals surface area (Å²) in [4.78, 5) is 2.50. The van der Waals surface area contributed by atoms with Gasteiger partial charge < -0.3 is 15.5 Å². The van der Waals surface area contributed by atoms with Crippen LogP contribution in [-0.2, 0) is 0 Å². The van der Waals surface area contributed by atoms with Gasteiger partial charge in [0.15, 0.2) is 0 Å². The van der Waals surface area contributed by atoms with Gasteiger partial charge in [0, 0.05) is 23.5 Å². The molecular formula is C23H43N3. The van der Waals surface area contributed by atoms with Crippen LogP contribution in [0.15, 0.2) is 24.3 Å². The first-order chi connectivity index (χ1) is 12.6. The second-order valence-electron chi connectivity index (χ2n) is 7.69. The largest absolute Gasteiger partial charge is 0.383 e. The molecule has 3 nitrogen and oxygen atoms in total. The van der Waals surface area contributed by atoms with Crippen LogP contribution in [-0.4, -0.2) is 36.6 Å². The molecule has 1 rings (SSSR count). The Morgan fingerprint density at radius 3 is 1.69 bits per heavy atom. The highest BCUT2D eigenvalue weighted by Crippen LogP contribution is 2.17. The quantitative estimate of drug-likeness (QED) is 0.355. The molecule has 26 heavy (non-hydrogen) atoms. The Hall–Kier alpha value is -1.22. The summed E-state index contributed by atoms with van der Waals surface area (Å²) in [5.41, 5.74) is 2.45. The lowest BCUT2D eigenvalue weighted by Gasteiger charge is -2.20. The normalized spacial score (nSPS) is 13.6. The van der Waals surface area contributed by atoms with Crippen molar-refractivity contribution in [2.24, 2.45) is 0 Å². The summed E-state index contributed by atoms with van der Waals surface area (Å²) in [7, 11) is 0. The molecular weight excluding hydrogens is 318 g/mol. The maximum Gasteiger partial charge on any atom is 0.0343 e. The number of nitrogens with zero attached hydrogens (tertiary/aromatic N) is 1. The minimum atomic E-state index is 0.516. The van der Waals surface area contributed by atoms with Crippen LogP contribution in [0.4, 0.5) is 11.4 Å². The first kappa shape index (κ1) is 22.8. The Kier molecular flexibility index (Phi) is 12.2. The fourth-order valence-electron chi connectivity index (χ4n) is 3.41. The summed E-state index contributed by atoms with van der Waals surface area (Å²) < 4.78 is 0. The fourth-order valence-corrected chi connectivity index (χ4v) is 3.41. The zero-order valence-electron chi connectivity index (χ0n) is 18.0. The van der Waals surface area contributed by atoms with E-state index in [-0.39, 0.29) is 0 Å². The van der Waals surface area contributed by atoms with Crippen LogP contribution in [0.3, 0.4) is 0 Å². The highest BCUT2D eigenvalue weighted by Gasteiger charge is 2.05. The van der Waals surface area contributed by atoms with Gasteiger partial charge in [0.25, 0.3) is 0 Å². The average Bonchev–Trinajstić information content (AvgIpc) is 2.64. The van der Waals surface area contributed by atoms with Crippen molar-refractivity contribution in [2.45, 2.75) is 91.6 Å². The maximum atomic E-state index is 3.63. The number of anilines is 2. The van der Waals surface area contributed by atoms with Gasteiger partial charge in [-0.25, -0.2) is 0 Å². The Balaban J connectivity index is 2.28. The van der Waals surface area contributed by atoms with E-state index in [1.807, 2.05) is 0 Å². The number of rotatable bonds is 15. The van der Waals surface area contributed by atoms with Gasteiger partial charge in [-0.1, -0.05) is 46.5 Å². The standard InChI is InChI=1S/C23H43N3/c1-6-9-10-11-13-20(4)24-22-15-17-23(18-16-22)25-21(5)14-12-19-26(7-2)8-3/h15-18,20-21,24-25H,6-14,19H2,1-5H3/t20-,21-/m0/s1. The molecule has 0 aliphatic rings. The summed E-state index contributed by atoms with van der Waals surface area (Å²) in [6, 6.07) is 9.87. The molecule has 0 saturated carbocycles. The van der Waals surface area contributed by atoms with Gasteiger partial charge in [-0.05, 0) is 77.0 Å². The van der Waals surface area contributed by atoms with Crippen LogP contribution in [0.2, 0.25) is 0 Å². The van der Waals surface area contributed by atoms with Gasteiger partial charge in [-0.3, -0.25) is 0 Å². The van der Waals surface area contributed by atoms with Crippen LogP contribution in [0.1, 0.15) is 79.6 Å². The van der Waals surface area contributed by atoms with E-state index in [4.69, 9.17) is 0 Å². The predicted molar refractivity (Wildman–Crippen MR) is 118 cm³/mol. The molecule has 1 aromatic rings. The topological polar surface area (TPSA) is 27.3 Å². The molecule has 0 fully saturated rings. The summed E-state index contributed by atoms with van der Waals surface area (Å²) in [6.45, 7) is 14.8. The third kappa shape index (κ3) is 10.1. The minimum Gasteiger partial charge on any atom is -0.383 e. The van der Waals surface area contributed by atoms with Crippen LogP contribution in [0, 0.1) is 0 Å². The number of nitrogens with one attached hydrogen (secondary N) is 2. The summed E-state index contributed by atoms with van der Waals surface area (Å²) in [6.07, 6.45) is 9.08. The van der Waals surface area contributed by atoms with Crippen LogP contribution >= 0.6 is 0 Å². The van der Waals surface area contributed by atoms with E-state index in [0.29, 0.717) is 12.1 Å². The maximum absolute atomic E-state index is 3.63. The molecule has 0 bridgehead atoms. The third-order valence-corrected chi connectivity index (χ3v) is 5.21. The average molecular weight is 362 g/mol. The minimum absolute atomic E-state index is 0.516. The van der Waals surface area contributed by atoms with E-state index >= 15 is 0 Å². The first-order valence-corrected chi connectivity index (χ1v) is 10.9. The molecule has 0 amide bonds. The Labute approximate surface area is 162 Å².